The Bertz CT molecular complexity index is 1020. The summed E-state index contributed by atoms with van der Waals surface area (Å²) in [6.07, 6.45) is 0.434. The van der Waals surface area contributed by atoms with E-state index in [0.717, 1.165) is 35.6 Å². The second-order valence-corrected chi connectivity index (χ2v) is 9.59. The summed E-state index contributed by atoms with van der Waals surface area (Å²) in [7, 11) is -4.01. The molecule has 1 saturated carbocycles. The van der Waals surface area contributed by atoms with Crippen molar-refractivity contribution in [2.45, 2.75) is 40.9 Å². The molecule has 6 nitrogen and oxygen atoms in total. The van der Waals surface area contributed by atoms with E-state index in [2.05, 4.69) is 0 Å². The van der Waals surface area contributed by atoms with Crippen LogP contribution in [0.1, 0.15) is 33.6 Å². The zero-order valence-electron chi connectivity index (χ0n) is 13.8. The molecule has 0 atom stereocenters. The summed E-state index contributed by atoms with van der Waals surface area (Å²) in [5.41, 5.74) is 4.09. The third kappa shape index (κ3) is 3.29. The van der Waals surface area contributed by atoms with E-state index in [0.29, 0.717) is 12.8 Å². The van der Waals surface area contributed by atoms with Crippen molar-refractivity contribution >= 4 is 32.9 Å². The summed E-state index contributed by atoms with van der Waals surface area (Å²) in [5.74, 6) is -1.89. The van der Waals surface area contributed by atoms with Crippen LogP contribution in [0.3, 0.4) is 0 Å². The number of carbonyl (C=O) groups excluding carboxylic acids is 2. The zero-order valence-corrected chi connectivity index (χ0v) is 15.4. The van der Waals surface area contributed by atoms with Gasteiger partial charge in [0, 0.05) is 11.3 Å². The molecule has 2 aromatic rings. The number of aliphatic hydroxyl groups is 1. The molecule has 0 bridgehead atoms. The second-order valence-electron chi connectivity index (χ2n) is 6.31. The fraction of sp³-hybridized carbons (Fsp3) is 0.294. The van der Waals surface area contributed by atoms with E-state index in [-0.39, 0.29) is 31.5 Å². The SMILES string of the molecule is Cc1cc(F)ccc1S(=O)(=O)c1cc(C(N)=O)c(CC(=O)C2(O)CC2)s1. The van der Waals surface area contributed by atoms with E-state index in [1.54, 1.807) is 0 Å². The lowest BCUT2D eigenvalue weighted by atomic mass is 10.1. The summed E-state index contributed by atoms with van der Waals surface area (Å²) in [6, 6.07) is 4.42. The Morgan fingerprint density at radius 1 is 1.31 bits per heavy atom. The van der Waals surface area contributed by atoms with Crippen molar-refractivity contribution in [3.8, 4) is 0 Å². The van der Waals surface area contributed by atoms with Crippen molar-refractivity contribution in [2.24, 2.45) is 5.73 Å². The first-order chi connectivity index (χ1) is 12.0. The molecule has 26 heavy (non-hydrogen) atoms. The minimum Gasteiger partial charge on any atom is -0.382 e. The summed E-state index contributed by atoms with van der Waals surface area (Å²) in [4.78, 5) is 23.9. The molecule has 0 unspecified atom stereocenters. The number of hydrogen-bond donors (Lipinski definition) is 2. The smallest absolute Gasteiger partial charge is 0.249 e. The van der Waals surface area contributed by atoms with Crippen molar-refractivity contribution < 1.29 is 27.5 Å². The molecule has 0 radical (unpaired) electrons. The number of rotatable bonds is 6. The number of carbonyl (C=O) groups is 2. The van der Waals surface area contributed by atoms with Gasteiger partial charge >= 0.3 is 0 Å². The third-order valence-electron chi connectivity index (χ3n) is 4.31. The first-order valence-electron chi connectivity index (χ1n) is 7.74. The number of nitrogens with two attached hydrogens (primary N) is 1. The fourth-order valence-electron chi connectivity index (χ4n) is 2.61. The Balaban J connectivity index is 2.03. The number of thiophene rings is 1. The lowest BCUT2D eigenvalue weighted by Crippen LogP contribution is -2.24. The van der Waals surface area contributed by atoms with Crippen LogP contribution in [0.25, 0.3) is 0 Å². The number of amides is 1. The largest absolute Gasteiger partial charge is 0.382 e. The summed E-state index contributed by atoms with van der Waals surface area (Å²) in [6.45, 7) is 1.46. The topological polar surface area (TPSA) is 115 Å². The third-order valence-corrected chi connectivity index (χ3v) is 7.83. The van der Waals surface area contributed by atoms with Gasteiger partial charge in [0.2, 0.25) is 15.7 Å². The molecule has 0 spiro atoms. The number of sulfone groups is 1. The summed E-state index contributed by atoms with van der Waals surface area (Å²) < 4.78 is 38.8. The molecular formula is C17H16FNO5S2. The van der Waals surface area contributed by atoms with Gasteiger partial charge in [0.1, 0.15) is 15.6 Å². The van der Waals surface area contributed by atoms with Crippen LogP contribution in [0.15, 0.2) is 33.4 Å². The van der Waals surface area contributed by atoms with E-state index >= 15 is 0 Å². The van der Waals surface area contributed by atoms with Gasteiger partial charge in [0.15, 0.2) is 5.78 Å². The molecule has 3 rings (SSSR count). The quantitative estimate of drug-likeness (QED) is 0.721. The van der Waals surface area contributed by atoms with Crippen LogP contribution in [-0.2, 0) is 21.1 Å². The van der Waals surface area contributed by atoms with Gasteiger partial charge in [-0.05, 0) is 49.6 Å². The normalized spacial score (nSPS) is 15.7. The van der Waals surface area contributed by atoms with Crippen molar-refractivity contribution in [2.75, 3.05) is 0 Å². The van der Waals surface area contributed by atoms with Crippen LogP contribution in [0.5, 0.6) is 0 Å². The summed E-state index contributed by atoms with van der Waals surface area (Å²) in [5, 5.41) is 9.88. The van der Waals surface area contributed by atoms with Gasteiger partial charge in [-0.2, -0.15) is 0 Å². The number of primary amides is 1. The van der Waals surface area contributed by atoms with Gasteiger partial charge in [-0.15, -0.1) is 11.3 Å². The van der Waals surface area contributed by atoms with Gasteiger partial charge in [-0.1, -0.05) is 0 Å². The van der Waals surface area contributed by atoms with E-state index in [4.69, 9.17) is 5.73 Å². The molecule has 9 heteroatoms. The highest BCUT2D eigenvalue weighted by molar-refractivity contribution is 7.93. The molecule has 1 heterocycles. The molecule has 1 aromatic carbocycles. The molecule has 0 saturated heterocycles. The first kappa shape index (κ1) is 18.7. The van der Waals surface area contributed by atoms with Gasteiger partial charge in [-0.3, -0.25) is 9.59 Å². The number of benzene rings is 1. The molecular weight excluding hydrogens is 381 g/mol. The molecule has 1 aliphatic rings. The van der Waals surface area contributed by atoms with E-state index in [1.807, 2.05) is 0 Å². The maximum absolute atomic E-state index is 13.3. The number of ketones is 1. The lowest BCUT2D eigenvalue weighted by Gasteiger charge is -2.06. The number of Topliss-reactive ketones (excluding diaryl/α,β-unsaturated/α-hetero) is 1. The molecule has 138 valence electrons. The predicted octanol–water partition coefficient (Wildman–Crippen LogP) is 1.76. The Kier molecular flexibility index (Phi) is 4.50. The Morgan fingerprint density at radius 3 is 2.50 bits per heavy atom. The Hall–Kier alpha value is -2.10. The summed E-state index contributed by atoms with van der Waals surface area (Å²) >= 11 is 0.760. The highest BCUT2D eigenvalue weighted by Gasteiger charge is 2.47. The molecule has 1 fully saturated rings. The standard InChI is InChI=1S/C17H16FNO5S2/c1-9-6-10(18)2-3-13(9)26(23,24)15-7-11(16(19)21)12(25-15)8-14(20)17(22)4-5-17/h2-3,6-7,22H,4-5,8H2,1H3,(H2,19,21). The van der Waals surface area contributed by atoms with E-state index in [9.17, 15) is 27.5 Å². The average Bonchev–Trinajstić information content (AvgIpc) is 3.14. The minimum atomic E-state index is -4.01. The van der Waals surface area contributed by atoms with Gasteiger partial charge in [-0.25, -0.2) is 12.8 Å². The molecule has 0 aliphatic heterocycles. The second kappa shape index (κ2) is 6.26. The van der Waals surface area contributed by atoms with Gasteiger partial charge in [0.05, 0.1) is 10.5 Å². The van der Waals surface area contributed by atoms with Crippen LogP contribution in [0, 0.1) is 12.7 Å². The van der Waals surface area contributed by atoms with Gasteiger partial charge in [0.25, 0.3) is 0 Å². The molecule has 1 amide bonds. The highest BCUT2D eigenvalue weighted by atomic mass is 32.2. The van der Waals surface area contributed by atoms with Crippen molar-refractivity contribution in [3.63, 3.8) is 0 Å². The fourth-order valence-corrected chi connectivity index (χ4v) is 5.73. The number of halogens is 1. The number of hydrogen-bond acceptors (Lipinski definition) is 6. The zero-order chi connectivity index (χ0) is 19.3. The first-order valence-corrected chi connectivity index (χ1v) is 10.0. The average molecular weight is 397 g/mol. The molecule has 1 aromatic heterocycles. The predicted molar refractivity (Wildman–Crippen MR) is 92.3 cm³/mol. The van der Waals surface area contributed by atoms with Crippen molar-refractivity contribution in [3.05, 3.63) is 46.1 Å². The van der Waals surface area contributed by atoms with Crippen LogP contribution in [-0.4, -0.2) is 30.8 Å². The Morgan fingerprint density at radius 2 is 1.96 bits per heavy atom. The van der Waals surface area contributed by atoms with Crippen LogP contribution < -0.4 is 5.73 Å². The van der Waals surface area contributed by atoms with Crippen LogP contribution in [0.4, 0.5) is 4.39 Å². The van der Waals surface area contributed by atoms with Crippen LogP contribution >= 0.6 is 11.3 Å². The maximum atomic E-state index is 13.3. The lowest BCUT2D eigenvalue weighted by molar-refractivity contribution is -0.128. The monoisotopic (exact) mass is 397 g/mol. The van der Waals surface area contributed by atoms with E-state index < -0.39 is 32.9 Å². The molecule has 1 aliphatic carbocycles. The van der Waals surface area contributed by atoms with Gasteiger partial charge < -0.3 is 10.8 Å². The highest BCUT2D eigenvalue weighted by Crippen LogP contribution is 2.39. The maximum Gasteiger partial charge on any atom is 0.249 e. The van der Waals surface area contributed by atoms with E-state index in [1.165, 1.54) is 6.92 Å². The Labute approximate surface area is 153 Å². The molecule has 3 N–H and O–H groups in total. The van der Waals surface area contributed by atoms with Crippen molar-refractivity contribution in [1.82, 2.24) is 0 Å². The van der Waals surface area contributed by atoms with Crippen molar-refractivity contribution in [1.29, 1.82) is 0 Å². The van der Waals surface area contributed by atoms with Crippen LogP contribution in [0.2, 0.25) is 0 Å². The minimum absolute atomic E-state index is 0.0639. The number of aryl methyl sites for hydroxylation is 1.